The van der Waals surface area contributed by atoms with Gasteiger partial charge in [0.1, 0.15) is 31.0 Å². The van der Waals surface area contributed by atoms with Gasteiger partial charge in [-0.2, -0.15) is 0 Å². The summed E-state index contributed by atoms with van der Waals surface area (Å²) in [6, 6.07) is 8.97. The van der Waals surface area contributed by atoms with Crippen LogP contribution in [0.25, 0.3) is 0 Å². The molecule has 21 heavy (non-hydrogen) atoms. The van der Waals surface area contributed by atoms with Crippen LogP contribution in [0.1, 0.15) is 5.56 Å². The van der Waals surface area contributed by atoms with E-state index in [1.807, 2.05) is 6.07 Å². The molecular formula is C14H18O7. The van der Waals surface area contributed by atoms with E-state index in [-0.39, 0.29) is 13.0 Å². The number of rotatable bonds is 4. The normalized spacial score (nSPS) is 32.7. The summed E-state index contributed by atoms with van der Waals surface area (Å²) in [5, 5.41) is 37.9. The Morgan fingerprint density at radius 1 is 1.05 bits per heavy atom. The molecule has 7 nitrogen and oxygen atoms in total. The molecule has 0 amide bonds. The molecule has 0 bridgehead atoms. The zero-order valence-corrected chi connectivity index (χ0v) is 11.2. The first-order chi connectivity index (χ1) is 9.99. The van der Waals surface area contributed by atoms with Crippen LogP contribution in [0.15, 0.2) is 30.3 Å². The highest BCUT2D eigenvalue weighted by Crippen LogP contribution is 2.20. The number of aliphatic hydroxyl groups excluding tert-OH is 4. The van der Waals surface area contributed by atoms with Gasteiger partial charge >= 0.3 is 5.97 Å². The zero-order valence-electron chi connectivity index (χ0n) is 11.2. The average Bonchev–Trinajstić information content (AvgIpc) is 2.48. The van der Waals surface area contributed by atoms with Crippen LogP contribution in [0.2, 0.25) is 0 Å². The van der Waals surface area contributed by atoms with Crippen molar-refractivity contribution in [2.45, 2.75) is 37.1 Å². The van der Waals surface area contributed by atoms with E-state index in [1.54, 1.807) is 24.3 Å². The van der Waals surface area contributed by atoms with Crippen molar-refractivity contribution in [2.75, 3.05) is 6.61 Å². The summed E-state index contributed by atoms with van der Waals surface area (Å²) < 4.78 is 9.86. The van der Waals surface area contributed by atoms with Gasteiger partial charge in [0.25, 0.3) is 0 Å². The topological polar surface area (TPSA) is 116 Å². The number of carbonyl (C=O) groups is 1. The van der Waals surface area contributed by atoms with E-state index in [9.17, 15) is 25.2 Å². The molecule has 7 heteroatoms. The molecule has 0 aromatic heterocycles. The standard InChI is InChI=1S/C14H18O7/c15-10(6-8-4-2-1-3-5-8)20-7-9-11(16)12(17)13(18)14(19)21-9/h1-5,9,11-14,16-19H,6-7H2/t9-,11-,12+,13-,14-/m1/s1. The number of hydrogen-bond acceptors (Lipinski definition) is 7. The number of hydrogen-bond donors (Lipinski definition) is 4. The lowest BCUT2D eigenvalue weighted by molar-refractivity contribution is -0.287. The Morgan fingerprint density at radius 2 is 1.71 bits per heavy atom. The Labute approximate surface area is 121 Å². The van der Waals surface area contributed by atoms with Gasteiger partial charge in [-0.3, -0.25) is 4.79 Å². The first-order valence-corrected chi connectivity index (χ1v) is 6.56. The fourth-order valence-corrected chi connectivity index (χ4v) is 2.06. The van der Waals surface area contributed by atoms with Crippen LogP contribution in [0, 0.1) is 0 Å². The van der Waals surface area contributed by atoms with Crippen molar-refractivity contribution in [2.24, 2.45) is 0 Å². The molecule has 1 saturated heterocycles. The maximum absolute atomic E-state index is 11.7. The predicted molar refractivity (Wildman–Crippen MR) is 70.0 cm³/mol. The van der Waals surface area contributed by atoms with E-state index < -0.39 is 36.7 Å². The molecule has 1 fully saturated rings. The lowest BCUT2D eigenvalue weighted by Gasteiger charge is -2.37. The molecule has 0 saturated carbocycles. The Hall–Kier alpha value is -1.51. The van der Waals surface area contributed by atoms with Gasteiger partial charge in [-0.15, -0.1) is 0 Å². The monoisotopic (exact) mass is 298 g/mol. The van der Waals surface area contributed by atoms with Gasteiger partial charge in [0.05, 0.1) is 6.42 Å². The van der Waals surface area contributed by atoms with Gasteiger partial charge in [0.2, 0.25) is 0 Å². The van der Waals surface area contributed by atoms with Gasteiger partial charge in [-0.05, 0) is 5.56 Å². The van der Waals surface area contributed by atoms with Crippen LogP contribution >= 0.6 is 0 Å². The number of carbonyl (C=O) groups excluding carboxylic acids is 1. The summed E-state index contributed by atoms with van der Waals surface area (Å²) in [5.41, 5.74) is 0.781. The van der Waals surface area contributed by atoms with Gasteiger partial charge in [-0.1, -0.05) is 30.3 Å². The highest BCUT2D eigenvalue weighted by molar-refractivity contribution is 5.72. The number of esters is 1. The minimum absolute atomic E-state index is 0.0669. The van der Waals surface area contributed by atoms with Gasteiger partial charge < -0.3 is 29.9 Å². The molecule has 2 rings (SSSR count). The SMILES string of the molecule is O=C(Cc1ccccc1)OC[C@H]1O[C@@H](O)[C@H](O)[C@@H](O)[C@@H]1O. The minimum atomic E-state index is -1.64. The Morgan fingerprint density at radius 3 is 2.38 bits per heavy atom. The van der Waals surface area contributed by atoms with Gasteiger partial charge in [-0.25, -0.2) is 0 Å². The second-order valence-electron chi connectivity index (χ2n) is 4.88. The van der Waals surface area contributed by atoms with Crippen LogP contribution in [0.5, 0.6) is 0 Å². The van der Waals surface area contributed by atoms with Crippen molar-refractivity contribution in [3.63, 3.8) is 0 Å². The molecule has 1 aromatic rings. The van der Waals surface area contributed by atoms with E-state index in [0.717, 1.165) is 5.56 Å². The molecule has 1 aliphatic heterocycles. The van der Waals surface area contributed by atoms with Crippen molar-refractivity contribution in [1.82, 2.24) is 0 Å². The first kappa shape index (κ1) is 15.9. The van der Waals surface area contributed by atoms with Crippen molar-refractivity contribution < 1.29 is 34.7 Å². The molecule has 4 N–H and O–H groups in total. The number of ether oxygens (including phenoxy) is 2. The highest BCUT2D eigenvalue weighted by Gasteiger charge is 2.43. The second kappa shape index (κ2) is 6.97. The smallest absolute Gasteiger partial charge is 0.310 e. The maximum atomic E-state index is 11.7. The van der Waals surface area contributed by atoms with Crippen LogP contribution in [0.3, 0.4) is 0 Å². The van der Waals surface area contributed by atoms with E-state index in [1.165, 1.54) is 0 Å². The van der Waals surface area contributed by atoms with Crippen molar-refractivity contribution in [3.8, 4) is 0 Å². The minimum Gasteiger partial charge on any atom is -0.463 e. The van der Waals surface area contributed by atoms with Crippen LogP contribution in [-0.2, 0) is 20.7 Å². The molecule has 0 spiro atoms. The predicted octanol–water partition coefficient (Wildman–Crippen LogP) is -1.43. The third kappa shape index (κ3) is 3.99. The molecule has 5 atom stereocenters. The van der Waals surface area contributed by atoms with Gasteiger partial charge in [0, 0.05) is 0 Å². The summed E-state index contributed by atoms with van der Waals surface area (Å²) in [4.78, 5) is 11.7. The van der Waals surface area contributed by atoms with Crippen molar-refractivity contribution in [1.29, 1.82) is 0 Å². The molecular weight excluding hydrogens is 280 g/mol. The fraction of sp³-hybridized carbons (Fsp3) is 0.500. The molecule has 116 valence electrons. The Kier molecular flexibility index (Phi) is 5.27. The lowest BCUT2D eigenvalue weighted by Crippen LogP contribution is -2.58. The quantitative estimate of drug-likeness (QED) is 0.504. The van der Waals surface area contributed by atoms with Crippen molar-refractivity contribution >= 4 is 5.97 Å². The summed E-state index contributed by atoms with van der Waals surface area (Å²) in [6.07, 6.45) is -7.28. The summed E-state index contributed by atoms with van der Waals surface area (Å²) in [6.45, 7) is -0.326. The summed E-state index contributed by atoms with van der Waals surface area (Å²) in [5.74, 6) is -0.521. The summed E-state index contributed by atoms with van der Waals surface area (Å²) in [7, 11) is 0. The average molecular weight is 298 g/mol. The molecule has 0 unspecified atom stereocenters. The van der Waals surface area contributed by atoms with Crippen LogP contribution < -0.4 is 0 Å². The largest absolute Gasteiger partial charge is 0.463 e. The van der Waals surface area contributed by atoms with Crippen LogP contribution in [0.4, 0.5) is 0 Å². The molecule has 1 heterocycles. The second-order valence-corrected chi connectivity index (χ2v) is 4.88. The zero-order chi connectivity index (χ0) is 15.4. The van der Waals surface area contributed by atoms with Gasteiger partial charge in [0.15, 0.2) is 6.29 Å². The summed E-state index contributed by atoms with van der Waals surface area (Å²) >= 11 is 0. The molecule has 0 aliphatic carbocycles. The number of benzene rings is 1. The third-order valence-corrected chi connectivity index (χ3v) is 3.29. The van der Waals surface area contributed by atoms with Crippen molar-refractivity contribution in [3.05, 3.63) is 35.9 Å². The van der Waals surface area contributed by atoms with E-state index in [4.69, 9.17) is 9.47 Å². The lowest BCUT2D eigenvalue weighted by atomic mass is 9.99. The molecule has 1 aromatic carbocycles. The fourth-order valence-electron chi connectivity index (χ4n) is 2.06. The highest BCUT2D eigenvalue weighted by atomic mass is 16.6. The molecule has 1 aliphatic rings. The van der Waals surface area contributed by atoms with Crippen LogP contribution in [-0.4, -0.2) is 63.7 Å². The number of aliphatic hydroxyl groups is 4. The van der Waals surface area contributed by atoms with E-state index >= 15 is 0 Å². The van der Waals surface area contributed by atoms with E-state index in [0.29, 0.717) is 0 Å². The third-order valence-electron chi connectivity index (χ3n) is 3.29. The molecule has 0 radical (unpaired) electrons. The maximum Gasteiger partial charge on any atom is 0.310 e. The first-order valence-electron chi connectivity index (χ1n) is 6.56. The Bertz CT molecular complexity index is 464. The van der Waals surface area contributed by atoms with E-state index in [2.05, 4.69) is 0 Å². The Balaban J connectivity index is 1.83.